The SMILES string of the molecule is COc1cc2c(c(OC)c1)[C@H](c1ccc(N(C)C)cc1)C1=C(CCCC1=O)N2. The Morgan fingerprint density at radius 1 is 1.04 bits per heavy atom. The van der Waals surface area contributed by atoms with Gasteiger partial charge in [0, 0.05) is 66.8 Å². The van der Waals surface area contributed by atoms with Gasteiger partial charge in [-0.1, -0.05) is 12.1 Å². The van der Waals surface area contributed by atoms with Crippen molar-refractivity contribution in [2.45, 2.75) is 25.2 Å². The number of anilines is 2. The van der Waals surface area contributed by atoms with Crippen molar-refractivity contribution in [3.05, 3.63) is 58.8 Å². The number of Topliss-reactive ketones (excluding diaryl/α,β-unsaturated/α-hetero) is 1. The second-order valence-electron chi connectivity index (χ2n) is 7.50. The molecule has 0 aromatic heterocycles. The number of carbonyl (C=O) groups excluding carboxylic acids is 1. The smallest absolute Gasteiger partial charge is 0.161 e. The molecule has 146 valence electrons. The van der Waals surface area contributed by atoms with Crippen molar-refractivity contribution >= 4 is 17.2 Å². The molecule has 2 aromatic carbocycles. The zero-order chi connectivity index (χ0) is 19.8. The van der Waals surface area contributed by atoms with Crippen LogP contribution in [0.4, 0.5) is 11.4 Å². The largest absolute Gasteiger partial charge is 0.497 e. The molecule has 0 bridgehead atoms. The molecule has 1 N–H and O–H groups in total. The molecule has 0 spiro atoms. The summed E-state index contributed by atoms with van der Waals surface area (Å²) in [6, 6.07) is 12.3. The van der Waals surface area contributed by atoms with Gasteiger partial charge < -0.3 is 19.7 Å². The minimum Gasteiger partial charge on any atom is -0.497 e. The highest BCUT2D eigenvalue weighted by Gasteiger charge is 2.37. The predicted octanol–water partition coefficient (Wildman–Crippen LogP) is 4.33. The molecular weight excluding hydrogens is 352 g/mol. The molecule has 0 unspecified atom stereocenters. The van der Waals surface area contributed by atoms with Crippen LogP contribution in [-0.2, 0) is 4.79 Å². The Bertz CT molecular complexity index is 945. The lowest BCUT2D eigenvalue weighted by atomic mass is 9.75. The quantitative estimate of drug-likeness (QED) is 0.858. The van der Waals surface area contributed by atoms with E-state index in [1.54, 1.807) is 14.2 Å². The van der Waals surface area contributed by atoms with E-state index >= 15 is 0 Å². The molecule has 28 heavy (non-hydrogen) atoms. The Kier molecular flexibility index (Phi) is 4.75. The van der Waals surface area contributed by atoms with Crippen LogP contribution in [0.5, 0.6) is 11.5 Å². The van der Waals surface area contributed by atoms with E-state index in [-0.39, 0.29) is 11.7 Å². The average Bonchev–Trinajstić information content (AvgIpc) is 2.71. The molecule has 2 aliphatic rings. The van der Waals surface area contributed by atoms with E-state index in [1.807, 2.05) is 26.2 Å². The first-order chi connectivity index (χ1) is 13.5. The van der Waals surface area contributed by atoms with Crippen LogP contribution in [0.25, 0.3) is 0 Å². The number of carbonyl (C=O) groups is 1. The molecule has 5 heteroatoms. The summed E-state index contributed by atoms with van der Waals surface area (Å²) in [7, 11) is 7.36. The maximum atomic E-state index is 12.9. The van der Waals surface area contributed by atoms with Gasteiger partial charge in [-0.25, -0.2) is 0 Å². The standard InChI is InChI=1S/C23H26N2O3/c1-25(2)15-10-8-14(9-11-15)21-22-17(6-5-7-19(22)26)24-18-12-16(27-3)13-20(28-4)23(18)21/h8-13,21,24H,5-7H2,1-4H3/t21-/m1/s1. The zero-order valence-electron chi connectivity index (χ0n) is 16.8. The number of nitrogens with zero attached hydrogens (tertiary/aromatic N) is 1. The number of rotatable bonds is 4. The number of ketones is 1. The highest BCUT2D eigenvalue weighted by Crippen LogP contribution is 2.50. The minimum atomic E-state index is -0.142. The van der Waals surface area contributed by atoms with Gasteiger partial charge in [-0.3, -0.25) is 4.79 Å². The molecule has 0 saturated heterocycles. The van der Waals surface area contributed by atoms with Crippen LogP contribution in [0.1, 0.15) is 36.3 Å². The molecule has 5 nitrogen and oxygen atoms in total. The van der Waals surface area contributed by atoms with Gasteiger partial charge in [0.05, 0.1) is 14.2 Å². The van der Waals surface area contributed by atoms with E-state index in [1.165, 1.54) is 0 Å². The van der Waals surface area contributed by atoms with Crippen LogP contribution in [-0.4, -0.2) is 34.1 Å². The van der Waals surface area contributed by atoms with Crippen LogP contribution in [0.15, 0.2) is 47.7 Å². The average molecular weight is 378 g/mol. The molecule has 1 atom stereocenters. The lowest BCUT2D eigenvalue weighted by Gasteiger charge is -2.35. The Balaban J connectivity index is 1.93. The summed E-state index contributed by atoms with van der Waals surface area (Å²) in [6.07, 6.45) is 2.36. The Hall–Kier alpha value is -2.95. The molecule has 0 saturated carbocycles. The number of ether oxygens (including phenoxy) is 2. The Morgan fingerprint density at radius 2 is 1.79 bits per heavy atom. The number of benzene rings is 2. The van der Waals surface area contributed by atoms with Crippen molar-refractivity contribution in [3.8, 4) is 11.5 Å². The van der Waals surface area contributed by atoms with E-state index in [4.69, 9.17) is 9.47 Å². The van der Waals surface area contributed by atoms with Crippen molar-refractivity contribution in [3.63, 3.8) is 0 Å². The molecule has 0 radical (unpaired) electrons. The molecule has 0 amide bonds. The van der Waals surface area contributed by atoms with Gasteiger partial charge in [0.1, 0.15) is 11.5 Å². The highest BCUT2D eigenvalue weighted by atomic mass is 16.5. The van der Waals surface area contributed by atoms with Gasteiger partial charge in [-0.2, -0.15) is 0 Å². The third kappa shape index (κ3) is 3.01. The topological polar surface area (TPSA) is 50.8 Å². The second kappa shape index (κ2) is 7.23. The normalized spacial score (nSPS) is 18.1. The van der Waals surface area contributed by atoms with Crippen molar-refractivity contribution < 1.29 is 14.3 Å². The van der Waals surface area contributed by atoms with Gasteiger partial charge in [0.25, 0.3) is 0 Å². The minimum absolute atomic E-state index is 0.142. The van der Waals surface area contributed by atoms with Crippen molar-refractivity contribution in [1.29, 1.82) is 0 Å². The second-order valence-corrected chi connectivity index (χ2v) is 7.50. The fourth-order valence-corrected chi connectivity index (χ4v) is 4.22. The number of methoxy groups -OCH3 is 2. The number of fused-ring (bicyclic) bond motifs is 1. The Labute approximate surface area is 165 Å². The summed E-state index contributed by atoms with van der Waals surface area (Å²) < 4.78 is 11.2. The number of nitrogens with one attached hydrogen (secondary N) is 1. The predicted molar refractivity (Wildman–Crippen MR) is 112 cm³/mol. The van der Waals surface area contributed by atoms with Crippen molar-refractivity contribution in [2.24, 2.45) is 0 Å². The summed E-state index contributed by atoms with van der Waals surface area (Å²) in [5, 5.41) is 3.50. The third-order valence-corrected chi connectivity index (χ3v) is 5.63. The van der Waals surface area contributed by atoms with E-state index < -0.39 is 0 Å². The van der Waals surface area contributed by atoms with Crippen molar-refractivity contribution in [2.75, 3.05) is 38.5 Å². The molecule has 1 aliphatic heterocycles. The van der Waals surface area contributed by atoms with Crippen LogP contribution < -0.4 is 19.7 Å². The fourth-order valence-electron chi connectivity index (χ4n) is 4.22. The monoisotopic (exact) mass is 378 g/mol. The first kappa shape index (κ1) is 18.4. The van der Waals surface area contributed by atoms with Gasteiger partial charge in [0.15, 0.2) is 5.78 Å². The molecule has 2 aromatic rings. The van der Waals surface area contributed by atoms with E-state index in [9.17, 15) is 4.79 Å². The van der Waals surface area contributed by atoms with Crippen LogP contribution in [0.3, 0.4) is 0 Å². The summed E-state index contributed by atoms with van der Waals surface area (Å²) >= 11 is 0. The zero-order valence-corrected chi connectivity index (χ0v) is 16.8. The number of allylic oxidation sites excluding steroid dienone is 2. The van der Waals surface area contributed by atoms with Gasteiger partial charge in [-0.15, -0.1) is 0 Å². The summed E-state index contributed by atoms with van der Waals surface area (Å²) in [6.45, 7) is 0. The summed E-state index contributed by atoms with van der Waals surface area (Å²) in [5.41, 5.74) is 6.07. The number of hydrogen-bond acceptors (Lipinski definition) is 5. The fraction of sp³-hybridized carbons (Fsp3) is 0.348. The maximum Gasteiger partial charge on any atom is 0.161 e. The van der Waals surface area contributed by atoms with E-state index in [0.29, 0.717) is 6.42 Å². The summed E-state index contributed by atoms with van der Waals surface area (Å²) in [4.78, 5) is 15.0. The van der Waals surface area contributed by atoms with Gasteiger partial charge in [-0.05, 0) is 30.5 Å². The van der Waals surface area contributed by atoms with Crippen LogP contribution >= 0.6 is 0 Å². The lowest BCUT2D eigenvalue weighted by molar-refractivity contribution is -0.116. The van der Waals surface area contributed by atoms with E-state index in [0.717, 1.165) is 58.1 Å². The van der Waals surface area contributed by atoms with Gasteiger partial charge >= 0.3 is 0 Å². The van der Waals surface area contributed by atoms with Crippen LogP contribution in [0, 0.1) is 0 Å². The molecule has 4 rings (SSSR count). The lowest BCUT2D eigenvalue weighted by Crippen LogP contribution is -2.27. The summed E-state index contributed by atoms with van der Waals surface area (Å²) in [5.74, 6) is 1.54. The van der Waals surface area contributed by atoms with Crippen LogP contribution in [0.2, 0.25) is 0 Å². The van der Waals surface area contributed by atoms with Gasteiger partial charge in [0.2, 0.25) is 0 Å². The Morgan fingerprint density at radius 3 is 2.43 bits per heavy atom. The van der Waals surface area contributed by atoms with Crippen molar-refractivity contribution in [1.82, 2.24) is 0 Å². The molecule has 1 aliphatic carbocycles. The maximum absolute atomic E-state index is 12.9. The molecule has 0 fully saturated rings. The van der Waals surface area contributed by atoms with E-state index in [2.05, 4.69) is 34.5 Å². The molecule has 1 heterocycles. The third-order valence-electron chi connectivity index (χ3n) is 5.63. The number of hydrogen-bond donors (Lipinski definition) is 1. The molecular formula is C23H26N2O3. The first-order valence-corrected chi connectivity index (χ1v) is 9.60. The first-order valence-electron chi connectivity index (χ1n) is 9.60. The highest BCUT2D eigenvalue weighted by molar-refractivity contribution is 6.01.